The van der Waals surface area contributed by atoms with Crippen LogP contribution in [0.4, 0.5) is 0 Å². The van der Waals surface area contributed by atoms with E-state index >= 15 is 0 Å². The fourth-order valence-electron chi connectivity index (χ4n) is 1.98. The molecule has 1 aromatic carbocycles. The molecule has 2 aliphatic rings. The molecule has 0 aromatic heterocycles. The van der Waals surface area contributed by atoms with Crippen LogP contribution in [0.3, 0.4) is 0 Å². The first-order chi connectivity index (χ1) is 6.93. The first-order valence-corrected chi connectivity index (χ1v) is 4.85. The standard InChI is InChI=1S/C14H10/c1-2-6-12-10-14-8-4-3-7-13(14)9-11(12)5-1/h1-3,5-8,10H,9H2. The van der Waals surface area contributed by atoms with E-state index in [1.165, 1.54) is 22.3 Å². The van der Waals surface area contributed by atoms with Crippen molar-refractivity contribution >= 4 is 6.08 Å². The number of hydrogen-bond acceptors (Lipinski definition) is 0. The Hall–Kier alpha value is -1.78. The summed E-state index contributed by atoms with van der Waals surface area (Å²) in [4.78, 5) is 0. The summed E-state index contributed by atoms with van der Waals surface area (Å²) in [5, 5.41) is 0. The molecule has 0 bridgehead atoms. The molecule has 14 heavy (non-hydrogen) atoms. The smallest absolute Gasteiger partial charge is 0.00134 e. The molecule has 0 saturated carbocycles. The highest BCUT2D eigenvalue weighted by Crippen LogP contribution is 2.29. The van der Waals surface area contributed by atoms with Gasteiger partial charge in [-0.15, -0.1) is 5.73 Å². The zero-order valence-corrected chi connectivity index (χ0v) is 7.83. The monoisotopic (exact) mass is 178 g/mol. The maximum Gasteiger partial charge on any atom is -0.00134 e. The van der Waals surface area contributed by atoms with Gasteiger partial charge >= 0.3 is 0 Å². The Balaban J connectivity index is 2.22. The second kappa shape index (κ2) is 2.87. The Labute approximate surface area is 83.6 Å². The van der Waals surface area contributed by atoms with E-state index in [9.17, 15) is 0 Å². The van der Waals surface area contributed by atoms with Crippen LogP contribution in [0.2, 0.25) is 0 Å². The lowest BCUT2D eigenvalue weighted by Gasteiger charge is -2.17. The second-order valence-electron chi connectivity index (χ2n) is 3.64. The van der Waals surface area contributed by atoms with Gasteiger partial charge in [0, 0.05) is 0 Å². The van der Waals surface area contributed by atoms with Gasteiger partial charge in [-0.05, 0) is 46.9 Å². The van der Waals surface area contributed by atoms with Gasteiger partial charge in [0.25, 0.3) is 0 Å². The minimum Gasteiger partial charge on any atom is -0.120 e. The fourth-order valence-corrected chi connectivity index (χ4v) is 1.98. The van der Waals surface area contributed by atoms with E-state index in [0.717, 1.165) is 6.42 Å². The van der Waals surface area contributed by atoms with Gasteiger partial charge in [0.05, 0.1) is 0 Å². The van der Waals surface area contributed by atoms with Gasteiger partial charge < -0.3 is 0 Å². The Bertz CT molecular complexity index is 507. The van der Waals surface area contributed by atoms with Crippen LogP contribution in [0, 0.1) is 0 Å². The molecule has 0 heteroatoms. The van der Waals surface area contributed by atoms with Crippen LogP contribution in [-0.2, 0) is 6.42 Å². The first-order valence-electron chi connectivity index (χ1n) is 4.85. The molecule has 0 nitrogen and oxygen atoms in total. The Morgan fingerprint density at radius 1 is 1.14 bits per heavy atom. The lowest BCUT2D eigenvalue weighted by molar-refractivity contribution is 1.14. The van der Waals surface area contributed by atoms with Crippen molar-refractivity contribution in [3.63, 3.8) is 0 Å². The van der Waals surface area contributed by atoms with E-state index in [4.69, 9.17) is 0 Å². The van der Waals surface area contributed by atoms with Gasteiger partial charge in [-0.1, -0.05) is 30.3 Å². The summed E-state index contributed by atoms with van der Waals surface area (Å²) in [7, 11) is 0. The summed E-state index contributed by atoms with van der Waals surface area (Å²) in [5.41, 5.74) is 8.61. The maximum atomic E-state index is 3.12. The third-order valence-electron chi connectivity index (χ3n) is 2.74. The van der Waals surface area contributed by atoms with Crippen molar-refractivity contribution in [1.29, 1.82) is 0 Å². The van der Waals surface area contributed by atoms with E-state index < -0.39 is 0 Å². The maximum absolute atomic E-state index is 3.12. The Morgan fingerprint density at radius 2 is 2.07 bits per heavy atom. The van der Waals surface area contributed by atoms with Crippen molar-refractivity contribution in [3.05, 3.63) is 70.5 Å². The molecular weight excluding hydrogens is 168 g/mol. The summed E-state index contributed by atoms with van der Waals surface area (Å²) in [6, 6.07) is 8.57. The molecule has 0 saturated heterocycles. The van der Waals surface area contributed by atoms with Gasteiger partial charge in [-0.25, -0.2) is 0 Å². The molecule has 0 radical (unpaired) electrons. The largest absolute Gasteiger partial charge is 0.120 e. The van der Waals surface area contributed by atoms with Gasteiger partial charge in [0.2, 0.25) is 0 Å². The lowest BCUT2D eigenvalue weighted by atomic mass is 9.87. The van der Waals surface area contributed by atoms with Crippen molar-refractivity contribution in [2.24, 2.45) is 0 Å². The highest BCUT2D eigenvalue weighted by Gasteiger charge is 2.13. The van der Waals surface area contributed by atoms with Crippen LogP contribution in [0.5, 0.6) is 0 Å². The predicted molar refractivity (Wildman–Crippen MR) is 58.9 cm³/mol. The Morgan fingerprint density at radius 3 is 3.07 bits per heavy atom. The summed E-state index contributed by atoms with van der Waals surface area (Å²) >= 11 is 0. The van der Waals surface area contributed by atoms with Crippen molar-refractivity contribution in [2.75, 3.05) is 0 Å². The molecule has 0 spiro atoms. The highest BCUT2D eigenvalue weighted by molar-refractivity contribution is 5.70. The molecule has 0 heterocycles. The quantitative estimate of drug-likeness (QED) is 0.535. The molecule has 2 aliphatic carbocycles. The molecule has 0 atom stereocenters. The molecule has 0 aliphatic heterocycles. The van der Waals surface area contributed by atoms with Gasteiger partial charge in [0.15, 0.2) is 0 Å². The van der Waals surface area contributed by atoms with Crippen LogP contribution in [0.15, 0.2) is 59.4 Å². The SMILES string of the molecule is C1=CC=C2Cc3ccccc3C=C2C=1. The summed E-state index contributed by atoms with van der Waals surface area (Å²) in [6.45, 7) is 0. The van der Waals surface area contributed by atoms with Gasteiger partial charge in [-0.2, -0.15) is 0 Å². The lowest BCUT2D eigenvalue weighted by Crippen LogP contribution is -2.02. The van der Waals surface area contributed by atoms with Crippen LogP contribution < -0.4 is 0 Å². The normalized spacial score (nSPS) is 16.9. The van der Waals surface area contributed by atoms with Crippen LogP contribution in [0.25, 0.3) is 6.08 Å². The van der Waals surface area contributed by atoms with E-state index in [2.05, 4.69) is 48.2 Å². The zero-order valence-electron chi connectivity index (χ0n) is 7.83. The topological polar surface area (TPSA) is 0 Å². The summed E-state index contributed by atoms with van der Waals surface area (Å²) in [5.74, 6) is 0. The van der Waals surface area contributed by atoms with E-state index in [-0.39, 0.29) is 0 Å². The minimum absolute atomic E-state index is 1.05. The summed E-state index contributed by atoms with van der Waals surface area (Å²) < 4.78 is 0. The van der Waals surface area contributed by atoms with Gasteiger partial charge in [0.1, 0.15) is 0 Å². The number of benzene rings is 1. The van der Waals surface area contributed by atoms with E-state index in [1.807, 2.05) is 6.08 Å². The molecule has 0 amide bonds. The van der Waals surface area contributed by atoms with Crippen LogP contribution >= 0.6 is 0 Å². The fraction of sp³-hybridized carbons (Fsp3) is 0.0714. The molecule has 66 valence electrons. The Kier molecular flexibility index (Phi) is 1.56. The average molecular weight is 178 g/mol. The third kappa shape index (κ3) is 1.09. The third-order valence-corrected chi connectivity index (χ3v) is 2.74. The molecule has 1 aromatic rings. The van der Waals surface area contributed by atoms with Crippen molar-refractivity contribution in [3.8, 4) is 0 Å². The summed E-state index contributed by atoms with van der Waals surface area (Å²) in [6.07, 6.45) is 9.50. The van der Waals surface area contributed by atoms with E-state index in [0.29, 0.717) is 0 Å². The second-order valence-corrected chi connectivity index (χ2v) is 3.64. The molecule has 3 rings (SSSR count). The minimum atomic E-state index is 1.05. The van der Waals surface area contributed by atoms with Crippen molar-refractivity contribution < 1.29 is 0 Å². The van der Waals surface area contributed by atoms with Crippen molar-refractivity contribution in [1.82, 2.24) is 0 Å². The molecule has 0 N–H and O–H groups in total. The number of fused-ring (bicyclic) bond motifs is 2. The molecule has 0 fully saturated rings. The average Bonchev–Trinajstić information content (AvgIpc) is 2.26. The first kappa shape index (κ1) is 7.61. The van der Waals surface area contributed by atoms with Crippen molar-refractivity contribution in [2.45, 2.75) is 6.42 Å². The van der Waals surface area contributed by atoms with Crippen LogP contribution in [-0.4, -0.2) is 0 Å². The molecule has 0 unspecified atom stereocenters. The number of hydrogen-bond donors (Lipinski definition) is 0. The number of rotatable bonds is 0. The highest BCUT2D eigenvalue weighted by atomic mass is 14.2. The zero-order chi connectivity index (χ0) is 9.38. The molecular formula is C14H10. The van der Waals surface area contributed by atoms with Gasteiger partial charge in [-0.3, -0.25) is 0 Å². The predicted octanol–water partition coefficient (Wildman–Crippen LogP) is 3.28. The van der Waals surface area contributed by atoms with E-state index in [1.54, 1.807) is 0 Å². The number of allylic oxidation sites excluding steroid dienone is 4. The van der Waals surface area contributed by atoms with Crippen LogP contribution in [0.1, 0.15) is 11.1 Å².